The highest BCUT2D eigenvalue weighted by Gasteiger charge is 2.07. The Hall–Kier alpha value is -2.82. The van der Waals surface area contributed by atoms with Crippen LogP contribution < -0.4 is 16.0 Å². The lowest BCUT2D eigenvalue weighted by Gasteiger charge is -2.09. The highest BCUT2D eigenvalue weighted by Crippen LogP contribution is 2.29. The van der Waals surface area contributed by atoms with Crippen molar-refractivity contribution in [2.45, 2.75) is 0 Å². The summed E-state index contributed by atoms with van der Waals surface area (Å²) in [6.45, 7) is 0. The van der Waals surface area contributed by atoms with Gasteiger partial charge >= 0.3 is 0 Å². The van der Waals surface area contributed by atoms with Gasteiger partial charge in [0.1, 0.15) is 5.75 Å². The number of anilines is 1. The largest absolute Gasteiger partial charge is 0.455 e. The van der Waals surface area contributed by atoms with Crippen LogP contribution in [0.1, 0.15) is 0 Å². The van der Waals surface area contributed by atoms with Crippen LogP contribution in [0.25, 0.3) is 10.9 Å². The maximum absolute atomic E-state index is 11.6. The van der Waals surface area contributed by atoms with Crippen LogP contribution in [-0.2, 0) is 0 Å². The van der Waals surface area contributed by atoms with E-state index in [0.717, 1.165) is 0 Å². The van der Waals surface area contributed by atoms with E-state index in [4.69, 9.17) is 10.5 Å². The van der Waals surface area contributed by atoms with Crippen molar-refractivity contribution in [3.63, 3.8) is 0 Å². The predicted octanol–water partition coefficient (Wildman–Crippen LogP) is 2.30. The standard InChI is InChI=1S/C14H11N3O2/c15-11-6-10-12(16-8-17-14(10)18)7-13(11)19-9-4-2-1-3-5-9/h1-8H,15H2,(H,16,17,18). The van der Waals surface area contributed by atoms with Crippen molar-refractivity contribution < 1.29 is 4.74 Å². The number of aromatic nitrogens is 2. The van der Waals surface area contributed by atoms with Crippen molar-refractivity contribution in [3.8, 4) is 11.5 Å². The first-order chi connectivity index (χ1) is 9.24. The summed E-state index contributed by atoms with van der Waals surface area (Å²) in [7, 11) is 0. The first-order valence-electron chi connectivity index (χ1n) is 5.74. The number of fused-ring (bicyclic) bond motifs is 1. The first-order valence-corrected chi connectivity index (χ1v) is 5.74. The van der Waals surface area contributed by atoms with Crippen molar-refractivity contribution in [2.24, 2.45) is 0 Å². The van der Waals surface area contributed by atoms with Crippen LogP contribution in [0.3, 0.4) is 0 Å². The normalized spacial score (nSPS) is 10.5. The van der Waals surface area contributed by atoms with Gasteiger partial charge in [-0.2, -0.15) is 0 Å². The highest BCUT2D eigenvalue weighted by atomic mass is 16.5. The Balaban J connectivity index is 2.10. The van der Waals surface area contributed by atoms with Crippen molar-refractivity contribution in [3.05, 3.63) is 59.1 Å². The van der Waals surface area contributed by atoms with E-state index in [9.17, 15) is 4.79 Å². The smallest absolute Gasteiger partial charge is 0.258 e. The van der Waals surface area contributed by atoms with Gasteiger partial charge in [-0.25, -0.2) is 4.98 Å². The molecule has 3 N–H and O–H groups in total. The van der Waals surface area contributed by atoms with Gasteiger partial charge in [0.2, 0.25) is 0 Å². The molecule has 3 rings (SSSR count). The number of ether oxygens (including phenoxy) is 1. The zero-order valence-electron chi connectivity index (χ0n) is 9.96. The molecule has 0 saturated heterocycles. The van der Waals surface area contributed by atoms with Crippen molar-refractivity contribution in [1.29, 1.82) is 0 Å². The fourth-order valence-corrected chi connectivity index (χ4v) is 1.82. The fourth-order valence-electron chi connectivity index (χ4n) is 1.82. The Labute approximate surface area is 108 Å². The van der Waals surface area contributed by atoms with Crippen LogP contribution in [0.5, 0.6) is 11.5 Å². The number of H-pyrrole nitrogens is 1. The van der Waals surface area contributed by atoms with Crippen molar-refractivity contribution >= 4 is 16.6 Å². The van der Waals surface area contributed by atoms with Gasteiger partial charge in [-0.3, -0.25) is 4.79 Å². The first kappa shape index (κ1) is 11.3. The Morgan fingerprint density at radius 3 is 2.74 bits per heavy atom. The van der Waals surface area contributed by atoms with Gasteiger partial charge in [0.05, 0.1) is 22.9 Å². The molecule has 0 aliphatic heterocycles. The second-order valence-electron chi connectivity index (χ2n) is 4.05. The SMILES string of the molecule is Nc1cc2c(=O)[nH]cnc2cc1Oc1ccccc1. The van der Waals surface area contributed by atoms with Gasteiger partial charge < -0.3 is 15.5 Å². The second kappa shape index (κ2) is 4.45. The average molecular weight is 253 g/mol. The molecule has 5 nitrogen and oxygen atoms in total. The van der Waals surface area contributed by atoms with Crippen molar-refractivity contribution in [1.82, 2.24) is 9.97 Å². The van der Waals surface area contributed by atoms with Crippen LogP contribution in [-0.4, -0.2) is 9.97 Å². The molecule has 94 valence electrons. The van der Waals surface area contributed by atoms with Gasteiger partial charge in [0, 0.05) is 6.07 Å². The third-order valence-electron chi connectivity index (χ3n) is 2.74. The van der Waals surface area contributed by atoms with Gasteiger partial charge in [-0.15, -0.1) is 0 Å². The van der Waals surface area contributed by atoms with E-state index >= 15 is 0 Å². The van der Waals surface area contributed by atoms with E-state index in [0.29, 0.717) is 28.1 Å². The van der Waals surface area contributed by atoms with Gasteiger partial charge in [-0.05, 0) is 18.2 Å². The lowest BCUT2D eigenvalue weighted by molar-refractivity contribution is 0.485. The summed E-state index contributed by atoms with van der Waals surface area (Å²) >= 11 is 0. The van der Waals surface area contributed by atoms with Crippen LogP contribution in [0.2, 0.25) is 0 Å². The number of nitrogens with two attached hydrogens (primary N) is 1. The summed E-state index contributed by atoms with van der Waals surface area (Å²) in [5.41, 5.74) is 6.62. The number of nitrogens with one attached hydrogen (secondary N) is 1. The molecule has 0 amide bonds. The predicted molar refractivity (Wildman–Crippen MR) is 73.3 cm³/mol. The van der Waals surface area contributed by atoms with Crippen LogP contribution >= 0.6 is 0 Å². The zero-order chi connectivity index (χ0) is 13.2. The molecule has 1 aromatic heterocycles. The Morgan fingerprint density at radius 1 is 1.16 bits per heavy atom. The minimum absolute atomic E-state index is 0.219. The Bertz CT molecular complexity index is 782. The third kappa shape index (κ3) is 2.13. The molecule has 1 heterocycles. The lowest BCUT2D eigenvalue weighted by Crippen LogP contribution is -2.07. The quantitative estimate of drug-likeness (QED) is 0.686. The van der Waals surface area contributed by atoms with E-state index in [1.165, 1.54) is 6.33 Å². The maximum Gasteiger partial charge on any atom is 0.258 e. The van der Waals surface area contributed by atoms with Crippen LogP contribution in [0, 0.1) is 0 Å². The summed E-state index contributed by atoms with van der Waals surface area (Å²) in [4.78, 5) is 18.2. The zero-order valence-corrected chi connectivity index (χ0v) is 9.96. The maximum atomic E-state index is 11.6. The molecule has 0 radical (unpaired) electrons. The number of nitrogens with zero attached hydrogens (tertiary/aromatic N) is 1. The number of hydrogen-bond donors (Lipinski definition) is 2. The average Bonchev–Trinajstić information content (AvgIpc) is 2.42. The number of hydrogen-bond acceptors (Lipinski definition) is 4. The summed E-state index contributed by atoms with van der Waals surface area (Å²) in [5, 5.41) is 0.445. The molecule has 0 fully saturated rings. The second-order valence-corrected chi connectivity index (χ2v) is 4.05. The van der Waals surface area contributed by atoms with Gasteiger partial charge in [0.25, 0.3) is 5.56 Å². The molecule has 19 heavy (non-hydrogen) atoms. The van der Waals surface area contributed by atoms with Gasteiger partial charge in [0.15, 0.2) is 5.75 Å². The van der Waals surface area contributed by atoms with Crippen molar-refractivity contribution in [2.75, 3.05) is 5.73 Å². The topological polar surface area (TPSA) is 81.0 Å². The highest BCUT2D eigenvalue weighted by molar-refractivity contribution is 5.84. The third-order valence-corrected chi connectivity index (χ3v) is 2.74. The number of nitrogen functional groups attached to an aromatic ring is 1. The molecule has 0 aliphatic carbocycles. The molecule has 0 saturated carbocycles. The molecular formula is C14H11N3O2. The molecule has 0 unspecified atom stereocenters. The molecule has 0 aliphatic rings. The molecule has 0 spiro atoms. The lowest BCUT2D eigenvalue weighted by atomic mass is 10.2. The summed E-state index contributed by atoms with van der Waals surface area (Å²) in [5.74, 6) is 1.16. The summed E-state index contributed by atoms with van der Waals surface area (Å²) in [6.07, 6.45) is 1.35. The van der Waals surface area contributed by atoms with E-state index in [1.54, 1.807) is 12.1 Å². The number of aromatic amines is 1. The minimum atomic E-state index is -0.219. The molecule has 3 aromatic rings. The Morgan fingerprint density at radius 2 is 1.95 bits per heavy atom. The number of rotatable bonds is 2. The molecule has 0 bridgehead atoms. The minimum Gasteiger partial charge on any atom is -0.455 e. The fraction of sp³-hybridized carbons (Fsp3) is 0. The molecule has 2 aromatic carbocycles. The summed E-state index contributed by atoms with van der Waals surface area (Å²) in [6, 6.07) is 12.5. The van der Waals surface area contributed by atoms with E-state index < -0.39 is 0 Å². The summed E-state index contributed by atoms with van der Waals surface area (Å²) < 4.78 is 5.68. The van der Waals surface area contributed by atoms with Gasteiger partial charge in [-0.1, -0.05) is 18.2 Å². The molecule has 5 heteroatoms. The molecular weight excluding hydrogens is 242 g/mol. The van der Waals surface area contributed by atoms with Crippen LogP contribution in [0.15, 0.2) is 53.6 Å². The molecule has 0 atom stereocenters. The number of para-hydroxylation sites is 1. The Kier molecular flexibility index (Phi) is 2.64. The van der Waals surface area contributed by atoms with E-state index in [-0.39, 0.29) is 5.56 Å². The monoisotopic (exact) mass is 253 g/mol. The van der Waals surface area contributed by atoms with E-state index in [1.807, 2.05) is 30.3 Å². The van der Waals surface area contributed by atoms with E-state index in [2.05, 4.69) is 9.97 Å². The van der Waals surface area contributed by atoms with Crippen LogP contribution in [0.4, 0.5) is 5.69 Å². The number of benzene rings is 2.